The van der Waals surface area contributed by atoms with E-state index in [0.717, 1.165) is 37.5 Å². The Kier molecular flexibility index (Phi) is 6.29. The summed E-state index contributed by atoms with van der Waals surface area (Å²) in [6, 6.07) is 2.47. The van der Waals surface area contributed by atoms with Crippen LogP contribution in [0.1, 0.15) is 49.9 Å². The molecule has 0 spiro atoms. The van der Waals surface area contributed by atoms with Crippen LogP contribution in [0.5, 0.6) is 0 Å². The van der Waals surface area contributed by atoms with Gasteiger partial charge in [-0.1, -0.05) is 26.2 Å². The third-order valence-electron chi connectivity index (χ3n) is 3.08. The van der Waals surface area contributed by atoms with Crippen LogP contribution in [0.15, 0.2) is 23.1 Å². The van der Waals surface area contributed by atoms with Crippen LogP contribution >= 0.6 is 0 Å². The quantitative estimate of drug-likeness (QED) is 0.722. The number of sulfonamides is 1. The summed E-state index contributed by atoms with van der Waals surface area (Å²) in [5.74, 6) is -2.46. The highest BCUT2D eigenvalue weighted by molar-refractivity contribution is 7.89. The normalized spacial score (nSPS) is 13.1. The van der Waals surface area contributed by atoms with Crippen molar-refractivity contribution in [2.24, 2.45) is 0 Å². The maximum Gasteiger partial charge on any atom is 0.338 e. The van der Waals surface area contributed by atoms with Gasteiger partial charge in [0.25, 0.3) is 0 Å². The van der Waals surface area contributed by atoms with Crippen molar-refractivity contribution in [3.63, 3.8) is 0 Å². The molecule has 0 aliphatic carbocycles. The molecule has 0 bridgehead atoms. The summed E-state index contributed by atoms with van der Waals surface area (Å²) < 4.78 is 40.0. The largest absolute Gasteiger partial charge is 0.478 e. The number of benzene rings is 1. The zero-order valence-corrected chi connectivity index (χ0v) is 12.9. The first-order valence-electron chi connectivity index (χ1n) is 6.83. The van der Waals surface area contributed by atoms with Crippen molar-refractivity contribution < 1.29 is 22.7 Å². The number of carboxylic acid groups (broad SMARTS) is 1. The fourth-order valence-electron chi connectivity index (χ4n) is 1.93. The van der Waals surface area contributed by atoms with Crippen molar-refractivity contribution in [3.05, 3.63) is 29.6 Å². The number of halogens is 1. The zero-order valence-electron chi connectivity index (χ0n) is 12.1. The fourth-order valence-corrected chi connectivity index (χ4v) is 3.23. The average molecular weight is 317 g/mol. The topological polar surface area (TPSA) is 83.5 Å². The molecule has 1 rings (SSSR count). The van der Waals surface area contributed by atoms with Gasteiger partial charge in [-0.25, -0.2) is 22.3 Å². The summed E-state index contributed by atoms with van der Waals surface area (Å²) in [4.78, 5) is 10.6. The second-order valence-corrected chi connectivity index (χ2v) is 6.68. The summed E-state index contributed by atoms with van der Waals surface area (Å²) in [5, 5.41) is 8.83. The van der Waals surface area contributed by atoms with Crippen molar-refractivity contribution in [2.75, 3.05) is 0 Å². The molecule has 5 nitrogen and oxygen atoms in total. The minimum absolute atomic E-state index is 0.247. The molecule has 0 radical (unpaired) electrons. The van der Waals surface area contributed by atoms with Gasteiger partial charge >= 0.3 is 5.97 Å². The van der Waals surface area contributed by atoms with Crippen molar-refractivity contribution in [3.8, 4) is 0 Å². The Labute approximate surface area is 124 Å². The SMILES string of the molecule is CCCCCC(C)NS(=O)(=O)c1ccc(F)c(C(=O)O)c1. The average Bonchev–Trinajstić information content (AvgIpc) is 2.38. The van der Waals surface area contributed by atoms with Gasteiger partial charge in [-0.3, -0.25) is 0 Å². The van der Waals surface area contributed by atoms with Crippen LogP contribution in [0.25, 0.3) is 0 Å². The molecule has 7 heteroatoms. The number of hydrogen-bond acceptors (Lipinski definition) is 3. The highest BCUT2D eigenvalue weighted by Gasteiger charge is 2.20. The lowest BCUT2D eigenvalue weighted by Crippen LogP contribution is -2.32. The third-order valence-corrected chi connectivity index (χ3v) is 4.66. The maximum atomic E-state index is 13.3. The van der Waals surface area contributed by atoms with E-state index in [1.807, 2.05) is 0 Å². The van der Waals surface area contributed by atoms with Crippen molar-refractivity contribution >= 4 is 16.0 Å². The van der Waals surface area contributed by atoms with Crippen molar-refractivity contribution in [1.82, 2.24) is 4.72 Å². The van der Waals surface area contributed by atoms with Gasteiger partial charge in [0.1, 0.15) is 5.82 Å². The summed E-state index contributed by atoms with van der Waals surface area (Å²) >= 11 is 0. The van der Waals surface area contributed by atoms with Crippen LogP contribution in [0.3, 0.4) is 0 Å². The van der Waals surface area contributed by atoms with E-state index in [9.17, 15) is 17.6 Å². The lowest BCUT2D eigenvalue weighted by Gasteiger charge is -2.14. The molecule has 0 amide bonds. The molecular weight excluding hydrogens is 297 g/mol. The fraction of sp³-hybridized carbons (Fsp3) is 0.500. The van der Waals surface area contributed by atoms with Gasteiger partial charge in [-0.05, 0) is 31.5 Å². The number of hydrogen-bond donors (Lipinski definition) is 2. The molecule has 118 valence electrons. The van der Waals surface area contributed by atoms with Gasteiger partial charge in [0, 0.05) is 6.04 Å². The second-order valence-electron chi connectivity index (χ2n) is 4.96. The van der Waals surface area contributed by atoms with E-state index >= 15 is 0 Å². The minimum Gasteiger partial charge on any atom is -0.478 e. The predicted octanol–water partition coefficient (Wildman–Crippen LogP) is 2.77. The first-order valence-corrected chi connectivity index (χ1v) is 8.31. The molecule has 0 aromatic heterocycles. The van der Waals surface area contributed by atoms with Crippen LogP contribution in [-0.4, -0.2) is 25.5 Å². The van der Waals surface area contributed by atoms with Crippen molar-refractivity contribution in [1.29, 1.82) is 0 Å². The Hall–Kier alpha value is -1.47. The molecule has 0 fully saturated rings. The molecule has 1 atom stereocenters. The van der Waals surface area contributed by atoms with E-state index < -0.39 is 27.4 Å². The Morgan fingerprint density at radius 3 is 2.62 bits per heavy atom. The Morgan fingerprint density at radius 1 is 1.38 bits per heavy atom. The zero-order chi connectivity index (χ0) is 16.0. The first-order chi connectivity index (χ1) is 9.77. The number of carbonyl (C=O) groups is 1. The maximum absolute atomic E-state index is 13.3. The standard InChI is InChI=1S/C14H20FNO4S/c1-3-4-5-6-10(2)16-21(19,20)11-7-8-13(15)12(9-11)14(17)18/h7-10,16H,3-6H2,1-2H3,(H,17,18). The van der Waals surface area contributed by atoms with Crippen LogP contribution in [0.4, 0.5) is 4.39 Å². The Morgan fingerprint density at radius 2 is 2.05 bits per heavy atom. The van der Waals surface area contributed by atoms with E-state index in [4.69, 9.17) is 5.11 Å². The molecule has 1 unspecified atom stereocenters. The van der Waals surface area contributed by atoms with E-state index in [-0.39, 0.29) is 10.9 Å². The molecule has 1 aromatic carbocycles. The molecule has 0 aliphatic rings. The lowest BCUT2D eigenvalue weighted by molar-refractivity contribution is 0.0691. The predicted molar refractivity (Wildman–Crippen MR) is 77.3 cm³/mol. The van der Waals surface area contributed by atoms with Crippen LogP contribution < -0.4 is 4.72 Å². The molecular formula is C14H20FNO4S. The molecule has 1 aromatic rings. The summed E-state index contributed by atoms with van der Waals surface area (Å²) in [7, 11) is -3.85. The number of carboxylic acids is 1. The summed E-state index contributed by atoms with van der Waals surface area (Å²) in [6.07, 6.45) is 3.66. The van der Waals surface area contributed by atoms with Gasteiger partial charge in [-0.2, -0.15) is 0 Å². The lowest BCUT2D eigenvalue weighted by atomic mass is 10.1. The van der Waals surface area contributed by atoms with Gasteiger partial charge in [0.2, 0.25) is 10.0 Å². The molecule has 21 heavy (non-hydrogen) atoms. The van der Waals surface area contributed by atoms with E-state index in [0.29, 0.717) is 6.42 Å². The Balaban J connectivity index is 2.88. The number of unbranched alkanes of at least 4 members (excludes halogenated alkanes) is 2. The summed E-state index contributed by atoms with van der Waals surface area (Å²) in [5.41, 5.74) is -0.656. The van der Waals surface area contributed by atoms with E-state index in [1.54, 1.807) is 6.92 Å². The van der Waals surface area contributed by atoms with Gasteiger partial charge in [0.15, 0.2) is 0 Å². The number of rotatable bonds is 8. The van der Waals surface area contributed by atoms with E-state index in [1.165, 1.54) is 0 Å². The monoisotopic (exact) mass is 317 g/mol. The highest BCUT2D eigenvalue weighted by Crippen LogP contribution is 2.16. The van der Waals surface area contributed by atoms with Crippen LogP contribution in [-0.2, 0) is 10.0 Å². The van der Waals surface area contributed by atoms with Gasteiger partial charge in [0.05, 0.1) is 10.5 Å². The van der Waals surface area contributed by atoms with Crippen molar-refractivity contribution in [2.45, 2.75) is 50.5 Å². The minimum atomic E-state index is -3.85. The van der Waals surface area contributed by atoms with Gasteiger partial charge < -0.3 is 5.11 Å². The van der Waals surface area contributed by atoms with E-state index in [2.05, 4.69) is 11.6 Å². The molecule has 0 saturated carbocycles. The smallest absolute Gasteiger partial charge is 0.338 e. The molecule has 0 saturated heterocycles. The van der Waals surface area contributed by atoms with Gasteiger partial charge in [-0.15, -0.1) is 0 Å². The first kappa shape index (κ1) is 17.6. The molecule has 0 heterocycles. The molecule has 2 N–H and O–H groups in total. The van der Waals surface area contributed by atoms with Crippen LogP contribution in [0.2, 0.25) is 0 Å². The number of aromatic carboxylic acids is 1. The molecule has 0 aliphatic heterocycles. The highest BCUT2D eigenvalue weighted by atomic mass is 32.2. The van der Waals surface area contributed by atoms with Crippen LogP contribution in [0, 0.1) is 5.82 Å². The summed E-state index contributed by atoms with van der Waals surface area (Å²) in [6.45, 7) is 3.80. The third kappa shape index (κ3) is 5.09. The Bertz CT molecular complexity index is 601. The number of nitrogens with one attached hydrogen (secondary N) is 1. The second kappa shape index (κ2) is 7.51.